The molecule has 33 heavy (non-hydrogen) atoms. The van der Waals surface area contributed by atoms with E-state index in [-0.39, 0.29) is 11.6 Å². The number of nitrogens with zero attached hydrogens (tertiary/aromatic N) is 1. The van der Waals surface area contributed by atoms with Crippen molar-refractivity contribution in [2.75, 3.05) is 13.2 Å². The first-order valence-corrected chi connectivity index (χ1v) is 11.0. The second-order valence-corrected chi connectivity index (χ2v) is 7.52. The number of carbonyl (C=O) groups excluding carboxylic acids is 1. The monoisotopic (exact) mass is 448 g/mol. The highest BCUT2D eigenvalue weighted by Crippen LogP contribution is 2.14. The maximum absolute atomic E-state index is 12.2. The first-order chi connectivity index (χ1) is 16.1. The summed E-state index contributed by atoms with van der Waals surface area (Å²) in [5, 5.41) is 11.4. The summed E-state index contributed by atoms with van der Waals surface area (Å²) in [5.74, 6) is 0.310. The van der Waals surface area contributed by atoms with Crippen LogP contribution in [0, 0.1) is 0 Å². The highest BCUT2D eigenvalue weighted by atomic mass is 16.7. The average Bonchev–Trinajstić information content (AvgIpc) is 2.82. The molecule has 172 valence electrons. The van der Waals surface area contributed by atoms with Crippen LogP contribution in [0.4, 0.5) is 4.79 Å². The largest absolute Gasteiger partial charge is 0.512 e. The number of amides is 1. The molecule has 0 aliphatic carbocycles. The number of unbranched alkanes of at least 4 members (excludes halogenated alkanes) is 2. The molecule has 3 aromatic rings. The first kappa shape index (κ1) is 23.8. The number of carbonyl (C=O) groups is 2. The van der Waals surface area contributed by atoms with Crippen LogP contribution in [-0.2, 0) is 12.8 Å². The number of pyridine rings is 1. The van der Waals surface area contributed by atoms with Gasteiger partial charge in [0.2, 0.25) is 5.88 Å². The number of carboxylic acid groups (broad SMARTS) is 1. The fourth-order valence-electron chi connectivity index (χ4n) is 3.29. The van der Waals surface area contributed by atoms with Gasteiger partial charge in [0.15, 0.2) is 0 Å². The Hall–Kier alpha value is -3.87. The highest BCUT2D eigenvalue weighted by Gasteiger charge is 2.10. The number of nitrogens with one attached hydrogen (secondary N) is 1. The van der Waals surface area contributed by atoms with Crippen molar-refractivity contribution in [3.63, 3.8) is 0 Å². The third kappa shape index (κ3) is 8.65. The van der Waals surface area contributed by atoms with Crippen molar-refractivity contribution in [1.82, 2.24) is 10.3 Å². The third-order valence-corrected chi connectivity index (χ3v) is 4.99. The molecule has 0 saturated carbocycles. The molecule has 0 radical (unpaired) electrons. The van der Waals surface area contributed by atoms with Gasteiger partial charge in [0.1, 0.15) is 11.4 Å². The molecule has 0 bridgehead atoms. The summed E-state index contributed by atoms with van der Waals surface area (Å²) in [6.07, 6.45) is 3.58. The Kier molecular flexibility index (Phi) is 9.27. The quantitative estimate of drug-likeness (QED) is 0.302. The average molecular weight is 449 g/mol. The molecule has 0 aliphatic rings. The fourth-order valence-corrected chi connectivity index (χ4v) is 3.29. The van der Waals surface area contributed by atoms with E-state index in [4.69, 9.17) is 9.84 Å². The lowest BCUT2D eigenvalue weighted by Crippen LogP contribution is -2.26. The van der Waals surface area contributed by atoms with Crippen LogP contribution in [0.3, 0.4) is 0 Å². The van der Waals surface area contributed by atoms with E-state index in [0.717, 1.165) is 37.0 Å². The Morgan fingerprint density at radius 1 is 0.818 bits per heavy atom. The van der Waals surface area contributed by atoms with Crippen LogP contribution in [0.1, 0.15) is 40.9 Å². The second-order valence-electron chi connectivity index (χ2n) is 7.52. The molecule has 3 rings (SSSR count). The molecule has 0 aliphatic heterocycles. The van der Waals surface area contributed by atoms with Crippen molar-refractivity contribution in [3.8, 4) is 11.6 Å². The number of aromatic nitrogens is 1. The topological polar surface area (TPSA) is 97.8 Å². The Bertz CT molecular complexity index is 1020. The van der Waals surface area contributed by atoms with Gasteiger partial charge in [0.25, 0.3) is 5.91 Å². The number of ether oxygens (including phenoxy) is 2. The molecule has 0 spiro atoms. The number of hydrogen-bond donors (Lipinski definition) is 2. The molecular weight excluding hydrogens is 420 g/mol. The van der Waals surface area contributed by atoms with E-state index in [1.807, 2.05) is 30.3 Å². The molecule has 0 fully saturated rings. The molecule has 1 amide bonds. The number of aryl methyl sites for hydroxylation is 1. The Morgan fingerprint density at radius 2 is 1.58 bits per heavy atom. The van der Waals surface area contributed by atoms with Crippen LogP contribution < -0.4 is 14.8 Å². The summed E-state index contributed by atoms with van der Waals surface area (Å²) >= 11 is 0. The van der Waals surface area contributed by atoms with Crippen molar-refractivity contribution in [2.45, 2.75) is 32.1 Å². The predicted molar refractivity (Wildman–Crippen MR) is 125 cm³/mol. The van der Waals surface area contributed by atoms with E-state index in [2.05, 4.69) is 39.3 Å². The molecule has 1 aromatic heterocycles. The Morgan fingerprint density at radius 3 is 2.33 bits per heavy atom. The maximum Gasteiger partial charge on any atom is 0.512 e. The lowest BCUT2D eigenvalue weighted by Gasteiger charge is -2.08. The van der Waals surface area contributed by atoms with Crippen molar-refractivity contribution in [3.05, 3.63) is 89.6 Å². The molecule has 2 N–H and O–H groups in total. The summed E-state index contributed by atoms with van der Waals surface area (Å²) in [6.45, 7) is 1.12. The summed E-state index contributed by atoms with van der Waals surface area (Å²) in [4.78, 5) is 26.7. The van der Waals surface area contributed by atoms with Gasteiger partial charge in [-0.3, -0.25) is 4.79 Å². The molecular formula is C26H28N2O5. The van der Waals surface area contributed by atoms with Gasteiger partial charge in [-0.15, -0.1) is 0 Å². The van der Waals surface area contributed by atoms with Gasteiger partial charge in [-0.25, -0.2) is 9.78 Å². The normalized spacial score (nSPS) is 10.4. The molecule has 0 atom stereocenters. The molecule has 0 saturated heterocycles. The van der Waals surface area contributed by atoms with E-state index in [0.29, 0.717) is 19.6 Å². The Balaban J connectivity index is 1.31. The summed E-state index contributed by atoms with van der Waals surface area (Å²) in [6, 6.07) is 22.7. The van der Waals surface area contributed by atoms with E-state index >= 15 is 0 Å². The second kappa shape index (κ2) is 12.9. The smallest absolute Gasteiger partial charge is 0.494 e. The molecule has 2 aromatic carbocycles. The van der Waals surface area contributed by atoms with Gasteiger partial charge >= 0.3 is 6.16 Å². The minimum Gasteiger partial charge on any atom is -0.494 e. The zero-order chi connectivity index (χ0) is 23.3. The zero-order valence-corrected chi connectivity index (χ0v) is 18.4. The van der Waals surface area contributed by atoms with Crippen molar-refractivity contribution in [1.29, 1.82) is 0 Å². The molecule has 1 heterocycles. The van der Waals surface area contributed by atoms with Crippen LogP contribution in [-0.4, -0.2) is 35.3 Å². The summed E-state index contributed by atoms with van der Waals surface area (Å²) in [7, 11) is 0. The van der Waals surface area contributed by atoms with E-state index in [1.165, 1.54) is 23.8 Å². The first-order valence-electron chi connectivity index (χ1n) is 11.0. The van der Waals surface area contributed by atoms with Crippen LogP contribution in [0.5, 0.6) is 11.6 Å². The van der Waals surface area contributed by atoms with Crippen molar-refractivity contribution < 1.29 is 24.2 Å². The minimum absolute atomic E-state index is 0.0984. The molecule has 7 nitrogen and oxygen atoms in total. The minimum atomic E-state index is -1.48. The number of benzene rings is 2. The number of hydrogen-bond acceptors (Lipinski definition) is 5. The fraction of sp³-hybridized carbons (Fsp3) is 0.269. The summed E-state index contributed by atoms with van der Waals surface area (Å²) in [5.41, 5.74) is 2.55. The molecule has 0 unspecified atom stereocenters. The van der Waals surface area contributed by atoms with Gasteiger partial charge in [0.05, 0.1) is 6.61 Å². The van der Waals surface area contributed by atoms with Crippen molar-refractivity contribution in [2.24, 2.45) is 0 Å². The van der Waals surface area contributed by atoms with Gasteiger partial charge < -0.3 is 19.9 Å². The lowest BCUT2D eigenvalue weighted by atomic mass is 10.1. The van der Waals surface area contributed by atoms with Crippen LogP contribution in [0.2, 0.25) is 0 Å². The van der Waals surface area contributed by atoms with E-state index < -0.39 is 12.1 Å². The Labute approximate surface area is 193 Å². The lowest BCUT2D eigenvalue weighted by molar-refractivity contribution is 0.0946. The van der Waals surface area contributed by atoms with Gasteiger partial charge in [0, 0.05) is 12.6 Å². The standard InChI is InChI=1S/C26H28N2O5/c29-25(23-11-7-12-24(28-23)33-26(30)31)27-18-17-21-13-15-22(16-14-21)32-19-6-2-5-10-20-8-3-1-4-9-20/h1,3-4,7-9,11-16H,2,5-6,10,17-19H2,(H,27,29)(H,30,31). The van der Waals surface area contributed by atoms with Gasteiger partial charge in [-0.2, -0.15) is 0 Å². The highest BCUT2D eigenvalue weighted by molar-refractivity contribution is 5.92. The molecule has 7 heteroatoms. The van der Waals surface area contributed by atoms with Crippen LogP contribution >= 0.6 is 0 Å². The third-order valence-electron chi connectivity index (χ3n) is 4.99. The maximum atomic E-state index is 12.2. The van der Waals surface area contributed by atoms with Gasteiger partial charge in [-0.1, -0.05) is 48.5 Å². The van der Waals surface area contributed by atoms with E-state index in [9.17, 15) is 9.59 Å². The van der Waals surface area contributed by atoms with Gasteiger partial charge in [-0.05, 0) is 61.4 Å². The van der Waals surface area contributed by atoms with Crippen LogP contribution in [0.15, 0.2) is 72.8 Å². The van der Waals surface area contributed by atoms with E-state index in [1.54, 1.807) is 0 Å². The predicted octanol–water partition coefficient (Wildman–Crippen LogP) is 4.90. The zero-order valence-electron chi connectivity index (χ0n) is 18.4. The summed E-state index contributed by atoms with van der Waals surface area (Å²) < 4.78 is 10.3. The van der Waals surface area contributed by atoms with Crippen molar-refractivity contribution >= 4 is 12.1 Å². The SMILES string of the molecule is O=C(O)Oc1cccc(C(=O)NCCc2ccc(OCCCCCc3ccccc3)cc2)n1. The number of rotatable bonds is 12. The van der Waals surface area contributed by atoms with Crippen LogP contribution in [0.25, 0.3) is 0 Å².